The predicted molar refractivity (Wildman–Crippen MR) is 73.1 cm³/mol. The topological polar surface area (TPSA) is 81.1 Å². The van der Waals surface area contributed by atoms with Crippen molar-refractivity contribution < 1.29 is 4.79 Å². The molecule has 2 aromatic carbocycles. The summed E-state index contributed by atoms with van der Waals surface area (Å²) in [5.41, 5.74) is 14.0. The maximum absolute atomic E-state index is 11.9. The number of nitrogen functional groups attached to an aromatic ring is 1. The van der Waals surface area contributed by atoms with Gasteiger partial charge >= 0.3 is 0 Å². The van der Waals surface area contributed by atoms with Crippen molar-refractivity contribution in [3.05, 3.63) is 59.7 Å². The quantitative estimate of drug-likeness (QED) is 0.719. The van der Waals surface area contributed by atoms with Crippen molar-refractivity contribution in [2.45, 2.75) is 6.54 Å². The Morgan fingerprint density at radius 1 is 1.11 bits per heavy atom. The minimum absolute atomic E-state index is 0.163. The third-order valence-electron chi connectivity index (χ3n) is 2.60. The zero-order valence-electron chi connectivity index (χ0n) is 9.89. The van der Waals surface area contributed by atoms with Crippen LogP contribution in [0.4, 0.5) is 11.4 Å². The molecule has 4 nitrogen and oxygen atoms in total. The summed E-state index contributed by atoms with van der Waals surface area (Å²) in [6, 6.07) is 14.3. The van der Waals surface area contributed by atoms with E-state index in [0.29, 0.717) is 23.5 Å². The molecule has 0 bridgehead atoms. The smallest absolute Gasteiger partial charge is 0.255 e. The number of anilines is 2. The molecule has 0 heterocycles. The lowest BCUT2D eigenvalue weighted by molar-refractivity contribution is 0.102. The van der Waals surface area contributed by atoms with Crippen molar-refractivity contribution in [1.82, 2.24) is 0 Å². The van der Waals surface area contributed by atoms with Gasteiger partial charge in [-0.05, 0) is 35.9 Å². The summed E-state index contributed by atoms with van der Waals surface area (Å²) >= 11 is 0. The van der Waals surface area contributed by atoms with Crippen LogP contribution in [0.15, 0.2) is 48.5 Å². The highest BCUT2D eigenvalue weighted by Crippen LogP contribution is 2.13. The highest BCUT2D eigenvalue weighted by atomic mass is 16.1. The van der Waals surface area contributed by atoms with Crippen molar-refractivity contribution in [1.29, 1.82) is 0 Å². The third kappa shape index (κ3) is 2.87. The molecule has 0 radical (unpaired) electrons. The largest absolute Gasteiger partial charge is 0.399 e. The standard InChI is InChI=1S/C14H15N3O/c15-9-10-4-6-11(7-5-10)14(18)17-13-3-1-2-12(16)8-13/h1-8H,9,15-16H2,(H,17,18). The van der Waals surface area contributed by atoms with Crippen LogP contribution in [0, 0.1) is 0 Å². The maximum atomic E-state index is 11.9. The van der Waals surface area contributed by atoms with E-state index in [4.69, 9.17) is 11.5 Å². The molecule has 2 rings (SSSR count). The van der Waals surface area contributed by atoms with Crippen molar-refractivity contribution in [3.8, 4) is 0 Å². The third-order valence-corrected chi connectivity index (χ3v) is 2.60. The highest BCUT2D eigenvalue weighted by molar-refractivity contribution is 6.04. The van der Waals surface area contributed by atoms with Gasteiger partial charge in [0, 0.05) is 23.5 Å². The van der Waals surface area contributed by atoms with Crippen LogP contribution in [0.25, 0.3) is 0 Å². The summed E-state index contributed by atoms with van der Waals surface area (Å²) in [5.74, 6) is -0.163. The average molecular weight is 241 g/mol. The van der Waals surface area contributed by atoms with Gasteiger partial charge in [0.15, 0.2) is 0 Å². The van der Waals surface area contributed by atoms with Gasteiger partial charge < -0.3 is 16.8 Å². The molecular formula is C14H15N3O. The summed E-state index contributed by atoms with van der Waals surface area (Å²) in [7, 11) is 0. The molecule has 2 aromatic rings. The number of amides is 1. The Morgan fingerprint density at radius 2 is 1.83 bits per heavy atom. The lowest BCUT2D eigenvalue weighted by atomic mass is 10.1. The first-order valence-corrected chi connectivity index (χ1v) is 5.65. The van der Waals surface area contributed by atoms with Gasteiger partial charge in [-0.1, -0.05) is 18.2 Å². The number of hydrogen-bond acceptors (Lipinski definition) is 3. The highest BCUT2D eigenvalue weighted by Gasteiger charge is 2.05. The Labute approximate surface area is 106 Å². The lowest BCUT2D eigenvalue weighted by Gasteiger charge is -2.06. The van der Waals surface area contributed by atoms with Gasteiger partial charge in [0.25, 0.3) is 5.91 Å². The minimum atomic E-state index is -0.163. The molecule has 18 heavy (non-hydrogen) atoms. The zero-order valence-corrected chi connectivity index (χ0v) is 9.89. The van der Waals surface area contributed by atoms with Crippen LogP contribution in [-0.2, 0) is 6.54 Å². The molecule has 0 saturated carbocycles. The molecule has 1 amide bonds. The molecule has 0 aliphatic carbocycles. The second-order valence-electron chi connectivity index (χ2n) is 3.98. The first-order valence-electron chi connectivity index (χ1n) is 5.65. The fourth-order valence-corrected chi connectivity index (χ4v) is 1.61. The van der Waals surface area contributed by atoms with Crippen LogP contribution < -0.4 is 16.8 Å². The van der Waals surface area contributed by atoms with Gasteiger partial charge in [-0.2, -0.15) is 0 Å². The second kappa shape index (κ2) is 5.33. The summed E-state index contributed by atoms with van der Waals surface area (Å²) in [5, 5.41) is 2.79. The monoisotopic (exact) mass is 241 g/mol. The number of benzene rings is 2. The number of carbonyl (C=O) groups excluding carboxylic acids is 1. The fraction of sp³-hybridized carbons (Fsp3) is 0.0714. The number of hydrogen-bond donors (Lipinski definition) is 3. The van der Waals surface area contributed by atoms with E-state index in [0.717, 1.165) is 5.56 Å². The van der Waals surface area contributed by atoms with Crippen LogP contribution in [0.3, 0.4) is 0 Å². The van der Waals surface area contributed by atoms with Crippen molar-refractivity contribution >= 4 is 17.3 Å². The SMILES string of the molecule is NCc1ccc(C(=O)Nc2cccc(N)c2)cc1. The molecule has 0 fully saturated rings. The van der Waals surface area contributed by atoms with E-state index in [1.54, 1.807) is 36.4 Å². The number of rotatable bonds is 3. The van der Waals surface area contributed by atoms with Crippen LogP contribution >= 0.6 is 0 Å². The summed E-state index contributed by atoms with van der Waals surface area (Å²) < 4.78 is 0. The Balaban J connectivity index is 2.11. The van der Waals surface area contributed by atoms with E-state index in [1.807, 2.05) is 12.1 Å². The van der Waals surface area contributed by atoms with Crippen LogP contribution in [0.1, 0.15) is 15.9 Å². The summed E-state index contributed by atoms with van der Waals surface area (Å²) in [6.45, 7) is 0.469. The van der Waals surface area contributed by atoms with Crippen molar-refractivity contribution in [2.24, 2.45) is 5.73 Å². The van der Waals surface area contributed by atoms with Crippen LogP contribution in [0.2, 0.25) is 0 Å². The predicted octanol–water partition coefficient (Wildman–Crippen LogP) is 1.98. The molecule has 0 atom stereocenters. The number of carbonyl (C=O) groups is 1. The number of nitrogens with one attached hydrogen (secondary N) is 1. The van der Waals surface area contributed by atoms with Crippen LogP contribution in [-0.4, -0.2) is 5.91 Å². The molecule has 0 aliphatic rings. The first-order chi connectivity index (χ1) is 8.69. The minimum Gasteiger partial charge on any atom is -0.399 e. The van der Waals surface area contributed by atoms with Crippen molar-refractivity contribution in [2.75, 3.05) is 11.1 Å². The van der Waals surface area contributed by atoms with E-state index < -0.39 is 0 Å². The molecule has 0 aromatic heterocycles. The van der Waals surface area contributed by atoms with E-state index in [1.165, 1.54) is 0 Å². The van der Waals surface area contributed by atoms with Gasteiger partial charge in [0.2, 0.25) is 0 Å². The first kappa shape index (κ1) is 12.1. The molecule has 0 spiro atoms. The zero-order chi connectivity index (χ0) is 13.0. The molecule has 5 N–H and O–H groups in total. The molecular weight excluding hydrogens is 226 g/mol. The van der Waals surface area contributed by atoms with Gasteiger partial charge in [0.05, 0.1) is 0 Å². The average Bonchev–Trinajstić information content (AvgIpc) is 2.39. The maximum Gasteiger partial charge on any atom is 0.255 e. The van der Waals surface area contributed by atoms with Gasteiger partial charge in [0.1, 0.15) is 0 Å². The molecule has 0 unspecified atom stereocenters. The Hall–Kier alpha value is -2.33. The van der Waals surface area contributed by atoms with Crippen LogP contribution in [0.5, 0.6) is 0 Å². The normalized spacial score (nSPS) is 10.1. The van der Waals surface area contributed by atoms with Gasteiger partial charge in [-0.3, -0.25) is 4.79 Å². The van der Waals surface area contributed by atoms with Gasteiger partial charge in [-0.15, -0.1) is 0 Å². The van der Waals surface area contributed by atoms with E-state index in [2.05, 4.69) is 5.32 Å². The Bertz CT molecular complexity index is 549. The number of nitrogens with two attached hydrogens (primary N) is 2. The van der Waals surface area contributed by atoms with Gasteiger partial charge in [-0.25, -0.2) is 0 Å². The van der Waals surface area contributed by atoms with E-state index in [-0.39, 0.29) is 5.91 Å². The molecule has 92 valence electrons. The fourth-order valence-electron chi connectivity index (χ4n) is 1.61. The summed E-state index contributed by atoms with van der Waals surface area (Å²) in [4.78, 5) is 11.9. The molecule has 0 aliphatic heterocycles. The Kier molecular flexibility index (Phi) is 3.60. The Morgan fingerprint density at radius 3 is 2.44 bits per heavy atom. The molecule has 4 heteroatoms. The van der Waals surface area contributed by atoms with E-state index >= 15 is 0 Å². The van der Waals surface area contributed by atoms with Crippen molar-refractivity contribution in [3.63, 3.8) is 0 Å². The second-order valence-corrected chi connectivity index (χ2v) is 3.98. The summed E-state index contributed by atoms with van der Waals surface area (Å²) in [6.07, 6.45) is 0. The lowest BCUT2D eigenvalue weighted by Crippen LogP contribution is -2.12. The molecule has 0 saturated heterocycles. The van der Waals surface area contributed by atoms with E-state index in [9.17, 15) is 4.79 Å².